The minimum Gasteiger partial charge on any atom is -0.357 e. The van der Waals surface area contributed by atoms with Gasteiger partial charge in [-0.15, -0.1) is 0 Å². The van der Waals surface area contributed by atoms with E-state index in [4.69, 9.17) is 16.4 Å². The standard InChI is InChI=1S/C27H29ClN2O2/c1-18(2)29-32-19(3)25-26(21-12-8-5-9-13-21)23-16-22(28)14-15-24(23)30(27(25)31)17-20-10-6-4-7-11-20/h4,6-7,10-11,14-16,21H,3,5,8-9,12-13,17H2,1-2H3. The number of halogens is 1. The average Bonchev–Trinajstić information content (AvgIpc) is 2.80. The summed E-state index contributed by atoms with van der Waals surface area (Å²) in [5, 5.41) is 5.73. The third kappa shape index (κ3) is 4.66. The molecule has 0 amide bonds. The zero-order valence-corrected chi connectivity index (χ0v) is 19.5. The van der Waals surface area contributed by atoms with E-state index in [0.29, 0.717) is 22.9 Å². The number of nitrogens with zero attached hydrogens (tertiary/aromatic N) is 2. The second kappa shape index (κ2) is 9.74. The largest absolute Gasteiger partial charge is 0.357 e. The Morgan fingerprint density at radius 3 is 2.53 bits per heavy atom. The number of hydrogen-bond donors (Lipinski definition) is 0. The predicted octanol–water partition coefficient (Wildman–Crippen LogP) is 7.13. The van der Waals surface area contributed by atoms with Gasteiger partial charge in [0.05, 0.1) is 23.3 Å². The molecule has 0 N–H and O–H groups in total. The van der Waals surface area contributed by atoms with Gasteiger partial charge in [0.2, 0.25) is 0 Å². The maximum Gasteiger partial charge on any atom is 0.262 e. The highest BCUT2D eigenvalue weighted by Gasteiger charge is 2.27. The summed E-state index contributed by atoms with van der Waals surface area (Å²) < 4.78 is 1.81. The lowest BCUT2D eigenvalue weighted by molar-refractivity contribution is 0.296. The van der Waals surface area contributed by atoms with Crippen LogP contribution in [0.25, 0.3) is 16.7 Å². The van der Waals surface area contributed by atoms with Gasteiger partial charge < -0.3 is 9.40 Å². The minimum atomic E-state index is -0.0989. The third-order valence-corrected chi connectivity index (χ3v) is 6.32. The molecule has 1 saturated carbocycles. The van der Waals surface area contributed by atoms with Crippen LogP contribution in [0.1, 0.15) is 68.6 Å². The molecular formula is C27H29ClN2O2. The van der Waals surface area contributed by atoms with Crippen LogP contribution < -0.4 is 5.56 Å². The molecule has 0 radical (unpaired) electrons. The van der Waals surface area contributed by atoms with E-state index in [0.717, 1.165) is 53.4 Å². The molecule has 32 heavy (non-hydrogen) atoms. The first-order valence-corrected chi connectivity index (χ1v) is 11.6. The second-order valence-corrected chi connectivity index (χ2v) is 9.15. The number of fused-ring (bicyclic) bond motifs is 1. The van der Waals surface area contributed by atoms with Crippen molar-refractivity contribution in [3.05, 3.63) is 87.2 Å². The predicted molar refractivity (Wildman–Crippen MR) is 133 cm³/mol. The van der Waals surface area contributed by atoms with Gasteiger partial charge in [-0.05, 0) is 61.9 Å². The summed E-state index contributed by atoms with van der Waals surface area (Å²) in [5.41, 5.74) is 4.13. The van der Waals surface area contributed by atoms with Crippen LogP contribution in [-0.2, 0) is 11.4 Å². The van der Waals surface area contributed by atoms with Gasteiger partial charge in [0.25, 0.3) is 5.56 Å². The highest BCUT2D eigenvalue weighted by atomic mass is 35.5. The fourth-order valence-corrected chi connectivity index (χ4v) is 4.83. The maximum absolute atomic E-state index is 14.0. The molecule has 1 aliphatic carbocycles. The maximum atomic E-state index is 14.0. The molecule has 1 heterocycles. The minimum absolute atomic E-state index is 0.0989. The van der Waals surface area contributed by atoms with Crippen molar-refractivity contribution in [2.45, 2.75) is 58.4 Å². The summed E-state index contributed by atoms with van der Waals surface area (Å²) in [5.74, 6) is 0.561. The summed E-state index contributed by atoms with van der Waals surface area (Å²) >= 11 is 6.45. The van der Waals surface area contributed by atoms with Gasteiger partial charge in [0.15, 0.2) is 5.76 Å². The number of rotatable bonds is 6. The molecule has 4 rings (SSSR count). The van der Waals surface area contributed by atoms with Gasteiger partial charge in [0, 0.05) is 10.4 Å². The Hall–Kier alpha value is -2.85. The molecule has 0 unspecified atom stereocenters. The van der Waals surface area contributed by atoms with Crippen LogP contribution in [0.4, 0.5) is 0 Å². The normalized spacial score (nSPS) is 14.3. The van der Waals surface area contributed by atoms with Crippen LogP contribution in [0.2, 0.25) is 5.02 Å². The van der Waals surface area contributed by atoms with Gasteiger partial charge in [-0.2, -0.15) is 0 Å². The molecule has 5 heteroatoms. The Balaban J connectivity index is 2.00. The van der Waals surface area contributed by atoms with Gasteiger partial charge in [-0.1, -0.05) is 72.9 Å². The second-order valence-electron chi connectivity index (χ2n) is 8.71. The fourth-order valence-electron chi connectivity index (χ4n) is 4.65. The van der Waals surface area contributed by atoms with E-state index in [9.17, 15) is 4.79 Å². The first-order chi connectivity index (χ1) is 15.5. The van der Waals surface area contributed by atoms with E-state index < -0.39 is 0 Å². The van der Waals surface area contributed by atoms with Crippen molar-refractivity contribution < 1.29 is 4.84 Å². The van der Waals surface area contributed by atoms with Crippen LogP contribution >= 0.6 is 11.6 Å². The van der Waals surface area contributed by atoms with Crippen LogP contribution in [0.5, 0.6) is 0 Å². The van der Waals surface area contributed by atoms with E-state index in [1.165, 1.54) is 6.42 Å². The monoisotopic (exact) mass is 448 g/mol. The van der Waals surface area contributed by atoms with Gasteiger partial charge in [-0.25, -0.2) is 0 Å². The van der Waals surface area contributed by atoms with Gasteiger partial charge >= 0.3 is 0 Å². The smallest absolute Gasteiger partial charge is 0.262 e. The lowest BCUT2D eigenvalue weighted by atomic mass is 9.80. The highest BCUT2D eigenvalue weighted by Crippen LogP contribution is 2.40. The first-order valence-electron chi connectivity index (χ1n) is 11.2. The number of aromatic nitrogens is 1. The summed E-state index contributed by atoms with van der Waals surface area (Å²) in [7, 11) is 0. The Morgan fingerprint density at radius 2 is 1.84 bits per heavy atom. The van der Waals surface area contributed by atoms with Crippen molar-refractivity contribution in [1.82, 2.24) is 4.57 Å². The molecule has 166 valence electrons. The molecule has 0 spiro atoms. The molecule has 1 fully saturated rings. The van der Waals surface area contributed by atoms with E-state index >= 15 is 0 Å². The Kier molecular flexibility index (Phi) is 6.80. The SMILES string of the molecule is C=C(ON=C(C)C)c1c(C2CCCCC2)c2cc(Cl)ccc2n(Cc2ccccc2)c1=O. The zero-order chi connectivity index (χ0) is 22.7. The average molecular weight is 449 g/mol. The van der Waals surface area contributed by atoms with Crippen molar-refractivity contribution in [3.63, 3.8) is 0 Å². The molecule has 2 aromatic carbocycles. The first kappa shape index (κ1) is 22.3. The van der Waals surface area contributed by atoms with Crippen molar-refractivity contribution in [2.75, 3.05) is 0 Å². The van der Waals surface area contributed by atoms with Gasteiger partial charge in [0.1, 0.15) is 0 Å². The fraction of sp³-hybridized carbons (Fsp3) is 0.333. The van der Waals surface area contributed by atoms with Crippen molar-refractivity contribution in [1.29, 1.82) is 0 Å². The molecule has 4 nitrogen and oxygen atoms in total. The molecule has 0 atom stereocenters. The topological polar surface area (TPSA) is 43.6 Å². The third-order valence-electron chi connectivity index (χ3n) is 6.08. The zero-order valence-electron chi connectivity index (χ0n) is 18.7. The van der Waals surface area contributed by atoms with E-state index in [2.05, 4.69) is 11.7 Å². The van der Waals surface area contributed by atoms with E-state index in [1.54, 1.807) is 4.57 Å². The highest BCUT2D eigenvalue weighted by molar-refractivity contribution is 6.31. The molecule has 3 aromatic rings. The van der Waals surface area contributed by atoms with Crippen LogP contribution in [0, 0.1) is 0 Å². The summed E-state index contributed by atoms with van der Waals surface area (Å²) in [4.78, 5) is 19.6. The van der Waals surface area contributed by atoms with Crippen LogP contribution in [0.15, 0.2) is 65.1 Å². The Bertz CT molecular complexity index is 1220. The molecule has 0 aliphatic heterocycles. The number of hydrogen-bond acceptors (Lipinski definition) is 3. The van der Waals surface area contributed by atoms with Gasteiger partial charge in [-0.3, -0.25) is 4.79 Å². The lowest BCUT2D eigenvalue weighted by Gasteiger charge is -2.27. The van der Waals surface area contributed by atoms with Crippen molar-refractivity contribution >= 4 is 34.0 Å². The van der Waals surface area contributed by atoms with Crippen LogP contribution in [0.3, 0.4) is 0 Å². The summed E-state index contributed by atoms with van der Waals surface area (Å²) in [6.45, 7) is 8.27. The van der Waals surface area contributed by atoms with E-state index in [-0.39, 0.29) is 11.5 Å². The Labute approximate surface area is 194 Å². The summed E-state index contributed by atoms with van der Waals surface area (Å²) in [6.07, 6.45) is 5.62. The molecule has 0 bridgehead atoms. The quantitative estimate of drug-likeness (QED) is 0.228. The molecule has 0 saturated heterocycles. The number of oxime groups is 1. The van der Waals surface area contributed by atoms with E-state index in [1.807, 2.05) is 62.4 Å². The molecular weight excluding hydrogens is 420 g/mol. The lowest BCUT2D eigenvalue weighted by Crippen LogP contribution is -2.28. The Morgan fingerprint density at radius 1 is 1.12 bits per heavy atom. The number of benzene rings is 2. The van der Waals surface area contributed by atoms with Crippen molar-refractivity contribution in [2.24, 2.45) is 5.16 Å². The number of pyridine rings is 1. The van der Waals surface area contributed by atoms with Crippen LogP contribution in [-0.4, -0.2) is 10.3 Å². The summed E-state index contributed by atoms with van der Waals surface area (Å²) in [6, 6.07) is 15.8. The molecule has 1 aliphatic rings. The molecule has 1 aromatic heterocycles. The van der Waals surface area contributed by atoms with Crippen molar-refractivity contribution in [3.8, 4) is 0 Å².